The van der Waals surface area contributed by atoms with Crippen LogP contribution in [0, 0.1) is 25.7 Å². The molecule has 0 bridgehead atoms. The summed E-state index contributed by atoms with van der Waals surface area (Å²) >= 11 is 0. The van der Waals surface area contributed by atoms with Crippen LogP contribution in [0.5, 0.6) is 0 Å². The molecule has 2 atom stereocenters. The van der Waals surface area contributed by atoms with E-state index in [1.165, 1.54) is 10.6 Å². The Hall–Kier alpha value is -4.39. The number of pyridine rings is 1. The first-order valence-corrected chi connectivity index (χ1v) is 20.0. The van der Waals surface area contributed by atoms with Gasteiger partial charge >= 0.3 is 6.18 Å². The van der Waals surface area contributed by atoms with Crippen molar-refractivity contribution in [1.29, 1.82) is 0 Å². The number of benzene rings is 1. The van der Waals surface area contributed by atoms with E-state index in [4.69, 9.17) is 4.74 Å². The van der Waals surface area contributed by atoms with Crippen LogP contribution >= 0.6 is 0 Å². The molecule has 9 nitrogen and oxygen atoms in total. The maximum atomic E-state index is 15.9. The number of halogens is 4. The summed E-state index contributed by atoms with van der Waals surface area (Å²) in [5, 5.41) is 5.11. The summed E-state index contributed by atoms with van der Waals surface area (Å²) in [7, 11) is 3.32. The molecular weight excluding hydrogens is 726 g/mol. The minimum atomic E-state index is -4.56. The predicted molar refractivity (Wildman–Crippen MR) is 211 cm³/mol. The maximum absolute atomic E-state index is 15.9. The van der Waals surface area contributed by atoms with Crippen LogP contribution in [0.1, 0.15) is 92.9 Å². The molecule has 56 heavy (non-hydrogen) atoms. The highest BCUT2D eigenvalue weighted by molar-refractivity contribution is 6.01. The average Bonchev–Trinajstić information content (AvgIpc) is 3.49. The number of carbonyl (C=O) groups is 2. The molecule has 1 aliphatic carbocycles. The van der Waals surface area contributed by atoms with Crippen LogP contribution in [0.25, 0.3) is 5.57 Å². The zero-order valence-electron chi connectivity index (χ0n) is 33.0. The molecule has 2 N–H and O–H groups in total. The molecule has 0 radical (unpaired) electrons. The Morgan fingerprint density at radius 3 is 2.34 bits per heavy atom. The third-order valence-corrected chi connectivity index (χ3v) is 12.2. The van der Waals surface area contributed by atoms with Gasteiger partial charge in [-0.05, 0) is 124 Å². The number of rotatable bonds is 11. The molecule has 0 spiro atoms. The first-order chi connectivity index (χ1) is 26.7. The molecule has 3 aliphatic heterocycles. The fourth-order valence-corrected chi connectivity index (χ4v) is 8.74. The molecular formula is C43H55F4N5O4. The van der Waals surface area contributed by atoms with E-state index in [0.717, 1.165) is 81.6 Å². The normalized spacial score (nSPS) is 22.0. The number of alkyl halides is 3. The number of likely N-dealkylation sites (tertiary alicyclic amines) is 1. The van der Waals surface area contributed by atoms with Gasteiger partial charge in [0.25, 0.3) is 5.56 Å². The topological polar surface area (TPSA) is 95.9 Å². The van der Waals surface area contributed by atoms with Gasteiger partial charge in [-0.3, -0.25) is 24.6 Å². The van der Waals surface area contributed by atoms with Gasteiger partial charge in [-0.15, -0.1) is 0 Å². The molecule has 0 saturated carbocycles. The molecule has 6 rings (SSSR count). The number of nitrogens with one attached hydrogen (secondary N) is 2. The second-order valence-electron chi connectivity index (χ2n) is 16.1. The van der Waals surface area contributed by atoms with E-state index in [2.05, 4.69) is 15.5 Å². The number of anilines is 2. The molecule has 1 aromatic heterocycles. The highest BCUT2D eigenvalue weighted by atomic mass is 19.4. The molecule has 2 amide bonds. The number of aryl methyl sites for hydroxylation is 1. The highest BCUT2D eigenvalue weighted by Gasteiger charge is 2.37. The largest absolute Gasteiger partial charge is 0.501 e. The number of nitrogens with zero attached hydrogens (tertiary/aromatic N) is 3. The standard InChI is InChI=1S/C43H55F4N5O4/c1-27-28(2)42(55)50(3)26-35(27)31-21-34(56-4)22-32(37(44)23-31)25-51-17-6-9-29(14-18-51)7-5-8-30-15-19-52(20-16-30)39-12-10-33(24-36(39)43(45,46)47)48-38-11-13-40(53)49-41(38)54/h10,12,21,23-24,26,29-30,38,48H,5-9,11,13-20,22,25H2,1-4H3,(H,49,53,54). The zero-order chi connectivity index (χ0) is 40.1. The van der Waals surface area contributed by atoms with E-state index in [1.807, 2.05) is 17.9 Å². The van der Waals surface area contributed by atoms with Gasteiger partial charge < -0.3 is 19.5 Å². The summed E-state index contributed by atoms with van der Waals surface area (Å²) in [6.45, 7) is 7.12. The highest BCUT2D eigenvalue weighted by Crippen LogP contribution is 2.40. The Morgan fingerprint density at radius 2 is 1.64 bits per heavy atom. The molecule has 3 fully saturated rings. The van der Waals surface area contributed by atoms with E-state index in [1.54, 1.807) is 39.4 Å². The zero-order valence-corrected chi connectivity index (χ0v) is 33.0. The number of imide groups is 1. The smallest absolute Gasteiger partial charge is 0.418 e. The van der Waals surface area contributed by atoms with Crippen molar-refractivity contribution in [2.75, 3.05) is 50.1 Å². The minimum absolute atomic E-state index is 0.0666. The Morgan fingerprint density at radius 1 is 0.929 bits per heavy atom. The van der Waals surface area contributed by atoms with Crippen molar-refractivity contribution in [3.05, 3.63) is 86.3 Å². The molecule has 2 aromatic rings. The second kappa shape index (κ2) is 17.8. The minimum Gasteiger partial charge on any atom is -0.501 e. The molecule has 304 valence electrons. The predicted octanol–water partition coefficient (Wildman–Crippen LogP) is 7.97. The van der Waals surface area contributed by atoms with E-state index >= 15 is 4.39 Å². The number of allylic oxidation sites excluding steroid dienone is 5. The lowest BCUT2D eigenvalue weighted by atomic mass is 9.87. The molecule has 4 heterocycles. The Labute approximate surface area is 326 Å². The molecule has 2 unspecified atom stereocenters. The van der Waals surface area contributed by atoms with Gasteiger partial charge in [-0.2, -0.15) is 13.2 Å². The monoisotopic (exact) mass is 781 g/mol. The first-order valence-electron chi connectivity index (χ1n) is 20.0. The van der Waals surface area contributed by atoms with E-state index in [0.29, 0.717) is 60.4 Å². The van der Waals surface area contributed by atoms with Crippen LogP contribution in [-0.4, -0.2) is 67.2 Å². The van der Waals surface area contributed by atoms with Gasteiger partial charge in [0.15, 0.2) is 0 Å². The number of hydrogen-bond acceptors (Lipinski definition) is 7. The number of piperidine rings is 2. The van der Waals surface area contributed by atoms with Crippen LogP contribution in [-0.2, 0) is 27.5 Å². The summed E-state index contributed by atoms with van der Waals surface area (Å²) < 4.78 is 65.9. The van der Waals surface area contributed by atoms with Crippen LogP contribution < -0.4 is 21.1 Å². The van der Waals surface area contributed by atoms with E-state index in [-0.39, 0.29) is 41.5 Å². The van der Waals surface area contributed by atoms with Gasteiger partial charge in [0.1, 0.15) is 17.6 Å². The number of hydrogen-bond donors (Lipinski definition) is 2. The Balaban J connectivity index is 0.982. The summed E-state index contributed by atoms with van der Waals surface area (Å²) in [4.78, 5) is 40.3. The number of aromatic nitrogens is 1. The summed E-state index contributed by atoms with van der Waals surface area (Å²) in [6.07, 6.45) is 9.57. The van der Waals surface area contributed by atoms with Crippen LogP contribution in [0.2, 0.25) is 0 Å². The SMILES string of the molecule is COC1=CC(c2cn(C)c(=O)c(C)c2C)=CC(F)=C(CN2CCCC(CCCC3CCN(c4ccc(NC5CCC(=O)NC5=O)cc4C(F)(F)F)CC3)CC2)C1. The first kappa shape index (κ1) is 41.2. The van der Waals surface area contributed by atoms with Crippen LogP contribution in [0.15, 0.2) is 58.5 Å². The van der Waals surface area contributed by atoms with Crippen molar-refractivity contribution in [3.8, 4) is 0 Å². The summed E-state index contributed by atoms with van der Waals surface area (Å²) in [5.74, 6) is 0.578. The third-order valence-electron chi connectivity index (χ3n) is 12.2. The van der Waals surface area contributed by atoms with Crippen molar-refractivity contribution in [3.63, 3.8) is 0 Å². The summed E-state index contributed by atoms with van der Waals surface area (Å²) in [5.41, 5.74) is 3.23. The van der Waals surface area contributed by atoms with Crippen molar-refractivity contribution in [2.24, 2.45) is 18.9 Å². The quantitative estimate of drug-likeness (QED) is 0.177. The summed E-state index contributed by atoms with van der Waals surface area (Å²) in [6, 6.07) is 3.39. The number of amides is 2. The van der Waals surface area contributed by atoms with Gasteiger partial charge in [0, 0.05) is 68.2 Å². The Kier molecular flexibility index (Phi) is 13.1. The third kappa shape index (κ3) is 9.94. The van der Waals surface area contributed by atoms with Gasteiger partial charge in [0.05, 0.1) is 12.7 Å². The van der Waals surface area contributed by atoms with Gasteiger partial charge in [-0.1, -0.05) is 19.3 Å². The van der Waals surface area contributed by atoms with Gasteiger partial charge in [0.2, 0.25) is 11.8 Å². The second-order valence-corrected chi connectivity index (χ2v) is 16.1. The van der Waals surface area contributed by atoms with Crippen molar-refractivity contribution in [2.45, 2.75) is 96.7 Å². The number of carbonyl (C=O) groups excluding carboxylic acids is 2. The van der Waals surface area contributed by atoms with Crippen molar-refractivity contribution < 1.29 is 31.9 Å². The van der Waals surface area contributed by atoms with Crippen molar-refractivity contribution >= 4 is 28.8 Å². The fourth-order valence-electron chi connectivity index (χ4n) is 8.74. The number of methoxy groups -OCH3 is 1. The fraction of sp³-hybridized carbons (Fsp3) is 0.558. The lowest BCUT2D eigenvalue weighted by Crippen LogP contribution is -2.47. The molecule has 4 aliphatic rings. The molecule has 13 heteroatoms. The lowest BCUT2D eigenvalue weighted by Gasteiger charge is -2.35. The molecule has 1 aromatic carbocycles. The van der Waals surface area contributed by atoms with Crippen molar-refractivity contribution in [1.82, 2.24) is 14.8 Å². The van der Waals surface area contributed by atoms with Gasteiger partial charge in [-0.25, -0.2) is 4.39 Å². The van der Waals surface area contributed by atoms with E-state index < -0.39 is 23.7 Å². The number of ether oxygens (including phenoxy) is 1. The maximum Gasteiger partial charge on any atom is 0.418 e. The van der Waals surface area contributed by atoms with E-state index in [9.17, 15) is 27.6 Å². The molecule has 3 saturated heterocycles. The average molecular weight is 782 g/mol. The lowest BCUT2D eigenvalue weighted by molar-refractivity contribution is -0.137. The Bertz CT molecular complexity index is 1940. The van der Waals surface area contributed by atoms with Crippen LogP contribution in [0.3, 0.4) is 0 Å². The van der Waals surface area contributed by atoms with Crippen LogP contribution in [0.4, 0.5) is 28.9 Å².